The molecule has 0 spiro atoms. The van der Waals surface area contributed by atoms with E-state index in [0.29, 0.717) is 16.5 Å². The summed E-state index contributed by atoms with van der Waals surface area (Å²) in [4.78, 5) is 29.1. The molecule has 42 heavy (non-hydrogen) atoms. The Morgan fingerprint density at radius 3 is 2.17 bits per heavy atom. The highest BCUT2D eigenvalue weighted by molar-refractivity contribution is 7.92. The fourth-order valence-corrected chi connectivity index (χ4v) is 5.97. The predicted octanol–water partition coefficient (Wildman–Crippen LogP) is 6.75. The lowest BCUT2D eigenvalue weighted by Crippen LogP contribution is -2.52. The van der Waals surface area contributed by atoms with E-state index in [9.17, 15) is 18.0 Å². The van der Waals surface area contributed by atoms with Crippen LogP contribution in [0.25, 0.3) is 0 Å². The molecule has 3 aromatic carbocycles. The zero-order chi connectivity index (χ0) is 30.9. The van der Waals surface area contributed by atoms with Crippen molar-refractivity contribution in [2.24, 2.45) is 0 Å². The van der Waals surface area contributed by atoms with E-state index in [1.165, 1.54) is 12.1 Å². The van der Waals surface area contributed by atoms with Gasteiger partial charge in [0.25, 0.3) is 0 Å². The molecule has 3 aromatic rings. The normalized spacial score (nSPS) is 12.8. The van der Waals surface area contributed by atoms with Crippen LogP contribution in [0.5, 0.6) is 0 Å². The van der Waals surface area contributed by atoms with E-state index >= 15 is 0 Å². The number of amides is 2. The molecule has 0 bridgehead atoms. The Balaban J connectivity index is 1.90. The van der Waals surface area contributed by atoms with Crippen LogP contribution >= 0.6 is 34.8 Å². The Bertz CT molecular complexity index is 1450. The largest absolute Gasteiger partial charge is 0.352 e. The number of nitrogens with one attached hydrogen (secondary N) is 1. The second kappa shape index (κ2) is 15.6. The number of hydrogen-bond acceptors (Lipinski definition) is 4. The third-order valence-corrected chi connectivity index (χ3v) is 8.85. The van der Waals surface area contributed by atoms with Crippen LogP contribution in [0.15, 0.2) is 72.8 Å². The summed E-state index contributed by atoms with van der Waals surface area (Å²) < 4.78 is 26.5. The Morgan fingerprint density at radius 2 is 1.55 bits per heavy atom. The lowest BCUT2D eigenvalue weighted by atomic mass is 10.0. The van der Waals surface area contributed by atoms with Crippen molar-refractivity contribution in [3.05, 3.63) is 99.0 Å². The van der Waals surface area contributed by atoms with Gasteiger partial charge in [0.1, 0.15) is 6.04 Å². The molecular formula is C31H36Cl3N3O4S. The number of carbonyl (C=O) groups excluding carboxylic acids is 2. The molecule has 0 heterocycles. The molecule has 226 valence electrons. The van der Waals surface area contributed by atoms with Crippen LogP contribution in [0.4, 0.5) is 5.69 Å². The number of nitrogens with zero attached hydrogens (tertiary/aromatic N) is 2. The Hall–Kier alpha value is -2.78. The molecule has 0 aliphatic carbocycles. The van der Waals surface area contributed by atoms with E-state index in [4.69, 9.17) is 34.8 Å². The molecule has 2 amide bonds. The molecule has 2 atom stereocenters. The van der Waals surface area contributed by atoms with Gasteiger partial charge >= 0.3 is 0 Å². The second-order valence-electron chi connectivity index (χ2n) is 10.2. The van der Waals surface area contributed by atoms with Gasteiger partial charge in [-0.25, -0.2) is 8.42 Å². The summed E-state index contributed by atoms with van der Waals surface area (Å²) in [6, 6.07) is 20.4. The Morgan fingerprint density at radius 1 is 0.905 bits per heavy atom. The summed E-state index contributed by atoms with van der Waals surface area (Å²) in [6.07, 6.45) is 2.32. The highest BCUT2D eigenvalue weighted by Gasteiger charge is 2.31. The first-order chi connectivity index (χ1) is 19.9. The maximum atomic E-state index is 13.9. The minimum absolute atomic E-state index is 0.000302. The molecule has 0 saturated heterocycles. The van der Waals surface area contributed by atoms with Crippen LogP contribution in [0.2, 0.25) is 15.1 Å². The summed E-state index contributed by atoms with van der Waals surface area (Å²) >= 11 is 18.5. The van der Waals surface area contributed by atoms with Crippen molar-refractivity contribution in [2.75, 3.05) is 17.1 Å². The molecule has 0 fully saturated rings. The average molecular weight is 653 g/mol. The molecule has 0 aliphatic heterocycles. The van der Waals surface area contributed by atoms with Gasteiger partial charge in [0.15, 0.2) is 0 Å². The van der Waals surface area contributed by atoms with Crippen LogP contribution in [-0.4, -0.2) is 50.0 Å². The SMILES string of the molecule is CC[C@H](C)NC(=O)[C@H](Cc1ccccc1)N(Cc1ccc(Cl)cc1)C(=O)CCCN(c1cc(Cl)ccc1Cl)S(C)(=O)=O. The summed E-state index contributed by atoms with van der Waals surface area (Å²) in [5.74, 6) is -0.533. The van der Waals surface area contributed by atoms with Crippen molar-refractivity contribution in [3.63, 3.8) is 0 Å². The Labute approximate surface area is 263 Å². The number of benzene rings is 3. The minimum atomic E-state index is -3.73. The summed E-state index contributed by atoms with van der Waals surface area (Å²) in [5, 5.41) is 4.17. The summed E-state index contributed by atoms with van der Waals surface area (Å²) in [6.45, 7) is 4.08. The Kier molecular flexibility index (Phi) is 12.5. The van der Waals surface area contributed by atoms with Crippen LogP contribution < -0.4 is 9.62 Å². The first kappa shape index (κ1) is 33.7. The highest BCUT2D eigenvalue weighted by atomic mass is 35.5. The van der Waals surface area contributed by atoms with Crippen LogP contribution in [0.3, 0.4) is 0 Å². The van der Waals surface area contributed by atoms with Crippen molar-refractivity contribution in [1.29, 1.82) is 0 Å². The molecular weight excluding hydrogens is 617 g/mol. The van der Waals surface area contributed by atoms with Gasteiger partial charge in [-0.3, -0.25) is 13.9 Å². The van der Waals surface area contributed by atoms with E-state index in [-0.39, 0.29) is 54.5 Å². The molecule has 0 radical (unpaired) electrons. The van der Waals surface area contributed by atoms with E-state index in [1.807, 2.05) is 56.3 Å². The van der Waals surface area contributed by atoms with Gasteiger partial charge in [0, 0.05) is 42.0 Å². The summed E-state index contributed by atoms with van der Waals surface area (Å²) in [7, 11) is -3.73. The van der Waals surface area contributed by atoms with Gasteiger partial charge in [0.05, 0.1) is 17.0 Å². The topological polar surface area (TPSA) is 86.8 Å². The monoisotopic (exact) mass is 651 g/mol. The summed E-state index contributed by atoms with van der Waals surface area (Å²) in [5.41, 5.74) is 1.97. The van der Waals surface area contributed by atoms with Gasteiger partial charge in [-0.15, -0.1) is 0 Å². The van der Waals surface area contributed by atoms with Gasteiger partial charge in [-0.05, 0) is 61.2 Å². The lowest BCUT2D eigenvalue weighted by molar-refractivity contribution is -0.141. The van der Waals surface area contributed by atoms with Crippen molar-refractivity contribution in [2.45, 2.75) is 58.2 Å². The first-order valence-corrected chi connectivity index (χ1v) is 16.7. The predicted molar refractivity (Wildman–Crippen MR) is 172 cm³/mol. The number of halogens is 3. The standard InChI is InChI=1S/C31H36Cl3N3O4S/c1-4-22(2)35-31(39)29(19-23-9-6-5-7-10-23)36(21-24-12-14-25(32)15-13-24)30(38)11-8-18-37(42(3,40)41)28-20-26(33)16-17-27(28)34/h5-7,9-10,12-17,20,22,29H,4,8,11,18-19,21H2,1-3H3,(H,35,39)/t22-,29-/m0/s1. The zero-order valence-electron chi connectivity index (χ0n) is 23.9. The number of carbonyl (C=O) groups is 2. The zero-order valence-corrected chi connectivity index (χ0v) is 27.0. The molecule has 0 aliphatic rings. The van der Waals surface area contributed by atoms with E-state index in [2.05, 4.69) is 5.32 Å². The van der Waals surface area contributed by atoms with Gasteiger partial charge in [0.2, 0.25) is 21.8 Å². The fraction of sp³-hybridized carbons (Fsp3) is 0.355. The highest BCUT2D eigenvalue weighted by Crippen LogP contribution is 2.31. The van der Waals surface area contributed by atoms with Crippen LogP contribution in [0.1, 0.15) is 44.2 Å². The molecule has 0 aromatic heterocycles. The van der Waals surface area contributed by atoms with Crippen LogP contribution in [0, 0.1) is 0 Å². The van der Waals surface area contributed by atoms with E-state index < -0.39 is 16.1 Å². The van der Waals surface area contributed by atoms with Gasteiger partial charge in [-0.2, -0.15) is 0 Å². The third-order valence-electron chi connectivity index (χ3n) is 6.87. The third kappa shape index (κ3) is 9.90. The van der Waals surface area contributed by atoms with E-state index in [1.54, 1.807) is 23.1 Å². The van der Waals surface area contributed by atoms with Crippen LogP contribution in [-0.2, 0) is 32.6 Å². The second-order valence-corrected chi connectivity index (χ2v) is 13.4. The van der Waals surface area contributed by atoms with Crippen molar-refractivity contribution < 1.29 is 18.0 Å². The molecule has 0 unspecified atom stereocenters. The molecule has 3 rings (SSSR count). The lowest BCUT2D eigenvalue weighted by Gasteiger charge is -2.32. The maximum Gasteiger partial charge on any atom is 0.243 e. The number of sulfonamides is 1. The average Bonchev–Trinajstić information content (AvgIpc) is 2.95. The molecule has 0 saturated carbocycles. The molecule has 7 nitrogen and oxygen atoms in total. The first-order valence-electron chi connectivity index (χ1n) is 13.7. The maximum absolute atomic E-state index is 13.9. The molecule has 1 N–H and O–H groups in total. The van der Waals surface area contributed by atoms with Crippen molar-refractivity contribution in [3.8, 4) is 0 Å². The van der Waals surface area contributed by atoms with Crippen molar-refractivity contribution in [1.82, 2.24) is 10.2 Å². The quantitative estimate of drug-likeness (QED) is 0.209. The number of rotatable bonds is 14. The van der Waals surface area contributed by atoms with E-state index in [0.717, 1.165) is 28.1 Å². The van der Waals surface area contributed by atoms with Crippen molar-refractivity contribution >= 4 is 62.3 Å². The minimum Gasteiger partial charge on any atom is -0.352 e. The number of hydrogen-bond donors (Lipinski definition) is 1. The number of anilines is 1. The van der Waals surface area contributed by atoms with Gasteiger partial charge < -0.3 is 10.2 Å². The van der Waals surface area contributed by atoms with Gasteiger partial charge in [-0.1, -0.05) is 84.2 Å². The molecule has 11 heteroatoms. The smallest absolute Gasteiger partial charge is 0.243 e. The fourth-order valence-electron chi connectivity index (χ4n) is 4.44.